The molecule has 3 rings (SSSR count). The van der Waals surface area contributed by atoms with E-state index >= 15 is 0 Å². The van der Waals surface area contributed by atoms with Gasteiger partial charge in [0.05, 0.1) is 35.5 Å². The lowest BCUT2D eigenvalue weighted by Gasteiger charge is -2.31. The number of rotatable bonds is 3. The third-order valence-corrected chi connectivity index (χ3v) is 4.51. The second-order valence-electron chi connectivity index (χ2n) is 6.10. The quantitative estimate of drug-likeness (QED) is 0.722. The smallest absolute Gasteiger partial charge is 0.407 e. The van der Waals surface area contributed by atoms with Crippen LogP contribution in [0.15, 0.2) is 42.5 Å². The number of anilines is 2. The molecule has 0 saturated carbocycles. The molecular formula is C19H17ClN4O4. The van der Waals surface area contributed by atoms with Crippen LogP contribution in [-0.2, 0) is 4.74 Å². The van der Waals surface area contributed by atoms with Crippen molar-refractivity contribution in [2.75, 3.05) is 30.3 Å². The molecule has 1 fully saturated rings. The number of nitrogens with one attached hydrogen (secondary N) is 2. The number of morpholine rings is 1. The summed E-state index contributed by atoms with van der Waals surface area (Å²) in [7, 11) is 0. The fraction of sp³-hybridized carbons (Fsp3) is 0.211. The summed E-state index contributed by atoms with van der Waals surface area (Å²) >= 11 is 6.27. The van der Waals surface area contributed by atoms with Crippen molar-refractivity contribution in [3.63, 3.8) is 0 Å². The molecule has 1 saturated heterocycles. The van der Waals surface area contributed by atoms with Crippen LogP contribution in [0.1, 0.15) is 17.2 Å². The molecular weight excluding hydrogens is 384 g/mol. The zero-order valence-electron chi connectivity index (χ0n) is 14.7. The van der Waals surface area contributed by atoms with Crippen LogP contribution >= 0.6 is 11.6 Å². The molecule has 0 aliphatic carbocycles. The van der Waals surface area contributed by atoms with E-state index in [1.807, 2.05) is 6.07 Å². The highest BCUT2D eigenvalue weighted by Crippen LogP contribution is 2.29. The number of halogens is 1. The van der Waals surface area contributed by atoms with E-state index in [9.17, 15) is 9.59 Å². The van der Waals surface area contributed by atoms with Crippen molar-refractivity contribution in [3.8, 4) is 6.07 Å². The standard InChI is InChI=1S/C19H17ClN4O4/c20-15-9-13(17-11-24(19(26)27)6-7-28-17)4-5-16(15)23-18(25)22-14-3-1-2-12(8-14)10-21/h1-5,8-9,17H,6-7,11H2,(H,26,27)(H2,22,23,25)/t17-/m1/s1. The van der Waals surface area contributed by atoms with Gasteiger partial charge in [0.15, 0.2) is 0 Å². The van der Waals surface area contributed by atoms with E-state index in [1.165, 1.54) is 4.90 Å². The summed E-state index contributed by atoms with van der Waals surface area (Å²) in [4.78, 5) is 24.6. The molecule has 0 spiro atoms. The number of nitrogens with zero attached hydrogens (tertiary/aromatic N) is 2. The minimum absolute atomic E-state index is 0.216. The van der Waals surface area contributed by atoms with Crippen molar-refractivity contribution in [2.24, 2.45) is 0 Å². The Hall–Kier alpha value is -3.28. The Balaban J connectivity index is 1.66. The van der Waals surface area contributed by atoms with E-state index in [1.54, 1.807) is 42.5 Å². The van der Waals surface area contributed by atoms with Gasteiger partial charge in [-0.1, -0.05) is 23.7 Å². The summed E-state index contributed by atoms with van der Waals surface area (Å²) in [5, 5.41) is 23.6. The second kappa shape index (κ2) is 8.61. The second-order valence-corrected chi connectivity index (χ2v) is 6.51. The maximum absolute atomic E-state index is 12.2. The van der Waals surface area contributed by atoms with Gasteiger partial charge < -0.3 is 25.4 Å². The lowest BCUT2D eigenvalue weighted by Crippen LogP contribution is -2.41. The molecule has 1 heterocycles. The van der Waals surface area contributed by atoms with Crippen LogP contribution in [-0.4, -0.2) is 41.8 Å². The molecule has 3 amide bonds. The van der Waals surface area contributed by atoms with Gasteiger partial charge >= 0.3 is 12.1 Å². The van der Waals surface area contributed by atoms with Gasteiger partial charge in [-0.15, -0.1) is 0 Å². The number of hydrogen-bond donors (Lipinski definition) is 3. The molecule has 1 aliphatic heterocycles. The van der Waals surface area contributed by atoms with E-state index in [2.05, 4.69) is 10.6 Å². The van der Waals surface area contributed by atoms with E-state index in [4.69, 9.17) is 26.7 Å². The molecule has 2 aromatic carbocycles. The summed E-state index contributed by atoms with van der Waals surface area (Å²) < 4.78 is 5.63. The van der Waals surface area contributed by atoms with Crippen LogP contribution in [0, 0.1) is 11.3 Å². The lowest BCUT2D eigenvalue weighted by molar-refractivity contribution is -0.0231. The Morgan fingerprint density at radius 1 is 1.25 bits per heavy atom. The minimum Gasteiger partial charge on any atom is -0.465 e. The number of urea groups is 1. The average Bonchev–Trinajstić information content (AvgIpc) is 2.69. The number of nitriles is 1. The molecule has 0 bridgehead atoms. The van der Waals surface area contributed by atoms with Crippen LogP contribution < -0.4 is 10.6 Å². The van der Waals surface area contributed by atoms with E-state index in [0.717, 1.165) is 5.56 Å². The number of amides is 3. The highest BCUT2D eigenvalue weighted by atomic mass is 35.5. The molecule has 28 heavy (non-hydrogen) atoms. The summed E-state index contributed by atoms with van der Waals surface area (Å²) in [6.45, 7) is 0.847. The molecule has 0 radical (unpaired) electrons. The van der Waals surface area contributed by atoms with Gasteiger partial charge in [-0.05, 0) is 35.9 Å². The first-order valence-electron chi connectivity index (χ1n) is 8.43. The Labute approximate surface area is 166 Å². The summed E-state index contributed by atoms with van der Waals surface area (Å²) in [5.74, 6) is 0. The zero-order chi connectivity index (χ0) is 20.1. The van der Waals surface area contributed by atoms with Crippen molar-refractivity contribution >= 4 is 35.1 Å². The van der Waals surface area contributed by atoms with Gasteiger partial charge in [0.1, 0.15) is 6.10 Å². The summed E-state index contributed by atoms with van der Waals surface area (Å²) in [6, 6.07) is 13.0. The van der Waals surface area contributed by atoms with Gasteiger partial charge in [-0.3, -0.25) is 0 Å². The monoisotopic (exact) mass is 400 g/mol. The van der Waals surface area contributed by atoms with E-state index in [0.29, 0.717) is 35.1 Å². The molecule has 1 atom stereocenters. The maximum atomic E-state index is 12.2. The molecule has 9 heteroatoms. The number of hydrogen-bond acceptors (Lipinski definition) is 4. The Morgan fingerprint density at radius 2 is 2.07 bits per heavy atom. The first-order valence-corrected chi connectivity index (χ1v) is 8.81. The predicted molar refractivity (Wildman–Crippen MR) is 104 cm³/mol. The zero-order valence-corrected chi connectivity index (χ0v) is 15.4. The number of carbonyl (C=O) groups is 2. The van der Waals surface area contributed by atoms with Crippen LogP contribution in [0.2, 0.25) is 5.02 Å². The van der Waals surface area contributed by atoms with Gasteiger partial charge in [0, 0.05) is 12.2 Å². The third kappa shape index (κ3) is 4.71. The summed E-state index contributed by atoms with van der Waals surface area (Å²) in [5.41, 5.74) is 2.03. The van der Waals surface area contributed by atoms with Gasteiger partial charge in [-0.2, -0.15) is 5.26 Å². The molecule has 1 aliphatic rings. The van der Waals surface area contributed by atoms with E-state index < -0.39 is 18.2 Å². The molecule has 2 aromatic rings. The minimum atomic E-state index is -0.991. The Morgan fingerprint density at radius 3 is 2.79 bits per heavy atom. The highest BCUT2D eigenvalue weighted by Gasteiger charge is 2.25. The average molecular weight is 401 g/mol. The molecule has 0 unspecified atom stereocenters. The number of ether oxygens (including phenoxy) is 1. The van der Waals surface area contributed by atoms with Crippen LogP contribution in [0.3, 0.4) is 0 Å². The Bertz CT molecular complexity index is 944. The van der Waals surface area contributed by atoms with Crippen molar-refractivity contribution in [1.29, 1.82) is 5.26 Å². The number of carboxylic acid groups (broad SMARTS) is 1. The summed E-state index contributed by atoms with van der Waals surface area (Å²) in [6.07, 6.45) is -1.41. The highest BCUT2D eigenvalue weighted by molar-refractivity contribution is 6.33. The van der Waals surface area contributed by atoms with Crippen molar-refractivity contribution in [2.45, 2.75) is 6.10 Å². The fourth-order valence-corrected chi connectivity index (χ4v) is 3.05. The van der Waals surface area contributed by atoms with Crippen molar-refractivity contribution < 1.29 is 19.4 Å². The maximum Gasteiger partial charge on any atom is 0.407 e. The van der Waals surface area contributed by atoms with Crippen LogP contribution in [0.4, 0.5) is 21.0 Å². The normalized spacial score (nSPS) is 16.1. The third-order valence-electron chi connectivity index (χ3n) is 4.20. The van der Waals surface area contributed by atoms with Gasteiger partial charge in [0.25, 0.3) is 0 Å². The van der Waals surface area contributed by atoms with Crippen LogP contribution in [0.25, 0.3) is 0 Å². The fourth-order valence-electron chi connectivity index (χ4n) is 2.81. The largest absolute Gasteiger partial charge is 0.465 e. The van der Waals surface area contributed by atoms with E-state index in [-0.39, 0.29) is 6.54 Å². The first-order chi connectivity index (χ1) is 13.5. The number of benzene rings is 2. The predicted octanol–water partition coefficient (Wildman–Crippen LogP) is 3.91. The SMILES string of the molecule is N#Cc1cccc(NC(=O)Nc2ccc([C@H]3CN(C(=O)O)CCO3)cc2Cl)c1. The van der Waals surface area contributed by atoms with Crippen molar-refractivity contribution in [1.82, 2.24) is 4.90 Å². The van der Waals surface area contributed by atoms with Gasteiger partial charge in [-0.25, -0.2) is 9.59 Å². The van der Waals surface area contributed by atoms with Crippen LogP contribution in [0.5, 0.6) is 0 Å². The molecule has 8 nitrogen and oxygen atoms in total. The molecule has 0 aromatic heterocycles. The topological polar surface area (TPSA) is 115 Å². The first kappa shape index (κ1) is 19.5. The lowest BCUT2D eigenvalue weighted by atomic mass is 10.1. The van der Waals surface area contributed by atoms with Gasteiger partial charge in [0.2, 0.25) is 0 Å². The van der Waals surface area contributed by atoms with Crippen molar-refractivity contribution in [3.05, 3.63) is 58.6 Å². The Kier molecular flexibility index (Phi) is 5.99. The molecule has 144 valence electrons. The molecule has 3 N–H and O–H groups in total. The number of carbonyl (C=O) groups excluding carboxylic acids is 1.